The lowest BCUT2D eigenvalue weighted by Crippen LogP contribution is -1.89. The molecule has 0 atom stereocenters. The molecular formula is C10H8ClFN2O2. The van der Waals surface area contributed by atoms with Crippen molar-refractivity contribution in [3.8, 4) is 17.1 Å². The van der Waals surface area contributed by atoms with Gasteiger partial charge in [0.1, 0.15) is 11.6 Å². The summed E-state index contributed by atoms with van der Waals surface area (Å²) in [5, 5.41) is 3.75. The summed E-state index contributed by atoms with van der Waals surface area (Å²) in [6.45, 7) is 0. The highest BCUT2D eigenvalue weighted by atomic mass is 35.5. The predicted molar refractivity (Wildman–Crippen MR) is 57.9 cm³/mol. The van der Waals surface area contributed by atoms with E-state index in [1.165, 1.54) is 25.3 Å². The first-order chi connectivity index (χ1) is 7.61. The molecule has 0 bridgehead atoms. The molecule has 0 aliphatic carbocycles. The van der Waals surface area contributed by atoms with Gasteiger partial charge in [0.15, 0.2) is 11.6 Å². The Labute approximate surface area is 95.7 Å². The maximum atomic E-state index is 13.3. The Hall–Kier alpha value is -1.75. The highest BCUT2D eigenvalue weighted by molar-refractivity contribution is 6.34. The number of nitrogen functional groups attached to an aromatic ring is 1. The van der Waals surface area contributed by atoms with Gasteiger partial charge in [0.05, 0.1) is 12.1 Å². The molecule has 2 aromatic rings. The SMILES string of the molecule is COc1cc(F)cc(-c2cc(N)no2)c1Cl. The Morgan fingerprint density at radius 2 is 2.19 bits per heavy atom. The molecule has 2 N–H and O–H groups in total. The van der Waals surface area contributed by atoms with Crippen molar-refractivity contribution in [3.05, 3.63) is 29.0 Å². The molecule has 6 heteroatoms. The second-order valence-electron chi connectivity index (χ2n) is 3.09. The van der Waals surface area contributed by atoms with Gasteiger partial charge in [0.25, 0.3) is 0 Å². The maximum Gasteiger partial charge on any atom is 0.170 e. The van der Waals surface area contributed by atoms with Crippen LogP contribution in [0.1, 0.15) is 0 Å². The Kier molecular flexibility index (Phi) is 2.70. The van der Waals surface area contributed by atoms with E-state index < -0.39 is 5.82 Å². The van der Waals surface area contributed by atoms with Crippen LogP contribution in [0.5, 0.6) is 5.75 Å². The average molecular weight is 243 g/mol. The number of anilines is 1. The van der Waals surface area contributed by atoms with Crippen molar-refractivity contribution >= 4 is 17.4 Å². The van der Waals surface area contributed by atoms with Gasteiger partial charge in [-0.3, -0.25) is 0 Å². The number of methoxy groups -OCH3 is 1. The van der Waals surface area contributed by atoms with Crippen LogP contribution in [0.2, 0.25) is 5.02 Å². The number of nitrogens with two attached hydrogens (primary N) is 1. The van der Waals surface area contributed by atoms with Gasteiger partial charge in [0.2, 0.25) is 0 Å². The molecule has 84 valence electrons. The number of hydrogen-bond donors (Lipinski definition) is 1. The zero-order valence-corrected chi connectivity index (χ0v) is 9.08. The topological polar surface area (TPSA) is 61.3 Å². The fourth-order valence-corrected chi connectivity index (χ4v) is 1.59. The lowest BCUT2D eigenvalue weighted by atomic mass is 10.1. The van der Waals surface area contributed by atoms with Gasteiger partial charge in [-0.25, -0.2) is 4.39 Å². The van der Waals surface area contributed by atoms with Crippen LogP contribution in [-0.2, 0) is 0 Å². The van der Waals surface area contributed by atoms with Gasteiger partial charge in [-0.2, -0.15) is 0 Å². The van der Waals surface area contributed by atoms with Crippen LogP contribution in [0, 0.1) is 5.82 Å². The standard InChI is InChI=1S/C10H8ClFN2O2/c1-15-8-3-5(12)2-6(10(8)11)7-4-9(13)14-16-7/h2-4H,1H3,(H2,13,14). The molecule has 1 aromatic heterocycles. The normalized spacial score (nSPS) is 10.4. The van der Waals surface area contributed by atoms with E-state index in [-0.39, 0.29) is 16.6 Å². The third-order valence-electron chi connectivity index (χ3n) is 2.02. The molecule has 16 heavy (non-hydrogen) atoms. The third-order valence-corrected chi connectivity index (χ3v) is 2.41. The lowest BCUT2D eigenvalue weighted by Gasteiger charge is -2.06. The van der Waals surface area contributed by atoms with Crippen LogP contribution in [0.15, 0.2) is 22.7 Å². The first-order valence-corrected chi connectivity index (χ1v) is 4.75. The number of nitrogens with zero attached hydrogens (tertiary/aromatic N) is 1. The van der Waals surface area contributed by atoms with Gasteiger partial charge in [-0.1, -0.05) is 16.8 Å². The van der Waals surface area contributed by atoms with Crippen LogP contribution in [-0.4, -0.2) is 12.3 Å². The van der Waals surface area contributed by atoms with Gasteiger partial charge < -0.3 is 15.0 Å². The van der Waals surface area contributed by atoms with E-state index in [1.807, 2.05) is 0 Å². The lowest BCUT2D eigenvalue weighted by molar-refractivity contribution is 0.410. The van der Waals surface area contributed by atoms with Crippen LogP contribution in [0.4, 0.5) is 10.2 Å². The third kappa shape index (κ3) is 1.81. The zero-order valence-electron chi connectivity index (χ0n) is 8.33. The molecule has 0 saturated heterocycles. The molecule has 0 amide bonds. The van der Waals surface area contributed by atoms with Crippen LogP contribution >= 0.6 is 11.6 Å². The summed E-state index contributed by atoms with van der Waals surface area (Å²) in [5.41, 5.74) is 5.75. The molecule has 1 aromatic carbocycles. The molecule has 0 unspecified atom stereocenters. The summed E-state index contributed by atoms with van der Waals surface area (Å²) in [5.74, 6) is 0.243. The minimum atomic E-state index is -0.480. The van der Waals surface area contributed by atoms with Gasteiger partial charge in [0, 0.05) is 17.7 Å². The van der Waals surface area contributed by atoms with Gasteiger partial charge in [-0.05, 0) is 6.07 Å². The maximum absolute atomic E-state index is 13.3. The fraction of sp³-hybridized carbons (Fsp3) is 0.100. The summed E-state index contributed by atoms with van der Waals surface area (Å²) in [6.07, 6.45) is 0. The highest BCUT2D eigenvalue weighted by Crippen LogP contribution is 2.36. The average Bonchev–Trinajstić information content (AvgIpc) is 2.67. The van der Waals surface area contributed by atoms with Crippen LogP contribution in [0.3, 0.4) is 0 Å². The molecule has 0 fully saturated rings. The Bertz CT molecular complexity index is 528. The molecule has 0 aliphatic heterocycles. The number of benzene rings is 1. The Morgan fingerprint density at radius 1 is 1.44 bits per heavy atom. The van der Waals surface area contributed by atoms with Crippen molar-refractivity contribution in [2.75, 3.05) is 12.8 Å². The van der Waals surface area contributed by atoms with E-state index in [0.29, 0.717) is 11.3 Å². The van der Waals surface area contributed by atoms with Gasteiger partial charge in [-0.15, -0.1) is 0 Å². The van der Waals surface area contributed by atoms with E-state index >= 15 is 0 Å². The molecular weight excluding hydrogens is 235 g/mol. The van der Waals surface area contributed by atoms with E-state index in [9.17, 15) is 4.39 Å². The smallest absolute Gasteiger partial charge is 0.170 e. The fourth-order valence-electron chi connectivity index (χ4n) is 1.31. The molecule has 0 radical (unpaired) electrons. The number of ether oxygens (including phenoxy) is 1. The van der Waals surface area contributed by atoms with Gasteiger partial charge >= 0.3 is 0 Å². The first kappa shape index (κ1) is 10.8. The van der Waals surface area contributed by atoms with Crippen LogP contribution < -0.4 is 10.5 Å². The van der Waals surface area contributed by atoms with Crippen molar-refractivity contribution < 1.29 is 13.7 Å². The largest absolute Gasteiger partial charge is 0.495 e. The number of halogens is 2. The summed E-state index contributed by atoms with van der Waals surface area (Å²) >= 11 is 6.00. The minimum Gasteiger partial charge on any atom is -0.495 e. The summed E-state index contributed by atoms with van der Waals surface area (Å²) in [6, 6.07) is 3.87. The summed E-state index contributed by atoms with van der Waals surface area (Å²) in [7, 11) is 1.40. The number of rotatable bonds is 2. The molecule has 0 saturated carbocycles. The molecule has 0 spiro atoms. The Morgan fingerprint density at radius 3 is 2.75 bits per heavy atom. The van der Waals surface area contributed by atoms with Crippen molar-refractivity contribution in [1.29, 1.82) is 0 Å². The van der Waals surface area contributed by atoms with Crippen molar-refractivity contribution in [3.63, 3.8) is 0 Å². The molecule has 4 nitrogen and oxygen atoms in total. The van der Waals surface area contributed by atoms with E-state index in [4.69, 9.17) is 26.6 Å². The van der Waals surface area contributed by atoms with Crippen molar-refractivity contribution in [2.24, 2.45) is 0 Å². The molecule has 1 heterocycles. The number of hydrogen-bond acceptors (Lipinski definition) is 4. The van der Waals surface area contributed by atoms with E-state index in [1.54, 1.807) is 0 Å². The molecule has 0 aliphatic rings. The zero-order chi connectivity index (χ0) is 11.7. The minimum absolute atomic E-state index is 0.203. The van der Waals surface area contributed by atoms with Crippen molar-refractivity contribution in [2.45, 2.75) is 0 Å². The number of aromatic nitrogens is 1. The Balaban J connectivity index is 2.60. The van der Waals surface area contributed by atoms with E-state index in [2.05, 4.69) is 5.16 Å². The van der Waals surface area contributed by atoms with Crippen LogP contribution in [0.25, 0.3) is 11.3 Å². The highest BCUT2D eigenvalue weighted by Gasteiger charge is 2.15. The van der Waals surface area contributed by atoms with E-state index in [0.717, 1.165) is 0 Å². The quantitative estimate of drug-likeness (QED) is 0.880. The summed E-state index contributed by atoms with van der Waals surface area (Å²) in [4.78, 5) is 0. The second-order valence-corrected chi connectivity index (χ2v) is 3.46. The van der Waals surface area contributed by atoms with Crippen molar-refractivity contribution in [1.82, 2.24) is 5.16 Å². The second kappa shape index (κ2) is 4.02. The monoisotopic (exact) mass is 242 g/mol. The summed E-state index contributed by atoms with van der Waals surface area (Å²) < 4.78 is 23.1. The molecule has 2 rings (SSSR count). The predicted octanol–water partition coefficient (Wildman–Crippen LogP) is 2.72. The first-order valence-electron chi connectivity index (χ1n) is 4.37.